The third-order valence-corrected chi connectivity index (χ3v) is 4.62. The Morgan fingerprint density at radius 2 is 1.95 bits per heavy atom. The maximum atomic E-state index is 5.86. The maximum Gasteiger partial charge on any atom is 0.0550 e. The Morgan fingerprint density at radius 3 is 2.74 bits per heavy atom. The molecular weight excluding hydrogens is 347 g/mol. The van der Waals surface area contributed by atoms with Gasteiger partial charge in [0, 0.05) is 21.0 Å². The lowest BCUT2D eigenvalue weighted by Gasteiger charge is -2.37. The van der Waals surface area contributed by atoms with E-state index in [4.69, 9.17) is 5.73 Å². The van der Waals surface area contributed by atoms with Gasteiger partial charge in [-0.3, -0.25) is 0 Å². The Labute approximate surface area is 127 Å². The molecule has 2 N–H and O–H groups in total. The number of nitrogens with zero attached hydrogens (tertiary/aromatic N) is 1. The molecule has 0 amide bonds. The molecule has 0 aromatic heterocycles. The first kappa shape index (κ1) is 12.8. The largest absolute Gasteiger partial charge is 0.399 e. The molecule has 2 aromatic rings. The van der Waals surface area contributed by atoms with Crippen LogP contribution in [0.15, 0.2) is 42.5 Å². The average molecular weight is 364 g/mol. The quantitative estimate of drug-likeness (QED) is 0.602. The van der Waals surface area contributed by atoms with Gasteiger partial charge in [0.1, 0.15) is 0 Å². The van der Waals surface area contributed by atoms with Crippen LogP contribution < -0.4 is 10.6 Å². The predicted molar refractivity (Wildman–Crippen MR) is 89.9 cm³/mol. The lowest BCUT2D eigenvalue weighted by Crippen LogP contribution is -2.33. The fourth-order valence-electron chi connectivity index (χ4n) is 2.77. The first-order chi connectivity index (χ1) is 9.16. The van der Waals surface area contributed by atoms with Gasteiger partial charge < -0.3 is 10.6 Å². The monoisotopic (exact) mass is 364 g/mol. The number of nitrogen functional groups attached to an aromatic ring is 1. The highest BCUT2D eigenvalue weighted by Gasteiger charge is 2.25. The van der Waals surface area contributed by atoms with Crippen molar-refractivity contribution in [3.8, 4) is 0 Å². The Balaban J connectivity index is 2.13. The second-order valence-electron chi connectivity index (χ2n) is 5.10. The number of hydrogen-bond donors (Lipinski definition) is 1. The summed E-state index contributed by atoms with van der Waals surface area (Å²) >= 11 is 2.38. The number of halogens is 1. The van der Waals surface area contributed by atoms with Crippen molar-refractivity contribution in [1.29, 1.82) is 0 Å². The predicted octanol–water partition coefficient (Wildman–Crippen LogP) is 4.35. The van der Waals surface area contributed by atoms with Gasteiger partial charge in [0.15, 0.2) is 0 Å². The van der Waals surface area contributed by atoms with Crippen LogP contribution in [-0.2, 0) is 6.42 Å². The molecule has 0 aliphatic carbocycles. The summed E-state index contributed by atoms with van der Waals surface area (Å²) in [6.07, 6.45) is 2.36. The Morgan fingerprint density at radius 1 is 1.16 bits per heavy atom. The molecule has 0 saturated heterocycles. The van der Waals surface area contributed by atoms with Gasteiger partial charge in [-0.1, -0.05) is 18.2 Å². The zero-order valence-electron chi connectivity index (χ0n) is 10.9. The summed E-state index contributed by atoms with van der Waals surface area (Å²) < 4.78 is 1.21. The van der Waals surface area contributed by atoms with Crippen molar-refractivity contribution in [2.75, 3.05) is 10.6 Å². The minimum Gasteiger partial charge on any atom is -0.399 e. The molecule has 1 unspecified atom stereocenters. The SMILES string of the molecule is CC1CCc2ccccc2N1c1ccc(N)cc1I. The van der Waals surface area contributed by atoms with Crippen molar-refractivity contribution in [3.63, 3.8) is 0 Å². The molecule has 0 bridgehead atoms. The fourth-order valence-corrected chi connectivity index (χ4v) is 3.57. The van der Waals surface area contributed by atoms with E-state index in [0.29, 0.717) is 6.04 Å². The van der Waals surface area contributed by atoms with Gasteiger partial charge in [-0.05, 0) is 72.2 Å². The van der Waals surface area contributed by atoms with Crippen molar-refractivity contribution >= 4 is 39.7 Å². The number of fused-ring (bicyclic) bond motifs is 1. The van der Waals surface area contributed by atoms with Gasteiger partial charge >= 0.3 is 0 Å². The van der Waals surface area contributed by atoms with Gasteiger partial charge in [0.2, 0.25) is 0 Å². The van der Waals surface area contributed by atoms with E-state index in [0.717, 1.165) is 5.69 Å². The normalized spacial score (nSPS) is 18.2. The van der Waals surface area contributed by atoms with Crippen LogP contribution in [0.1, 0.15) is 18.9 Å². The molecule has 1 aliphatic rings. The standard InChI is InChI=1S/C16H17IN2/c1-11-6-7-12-4-2-3-5-15(12)19(11)16-9-8-13(18)10-14(16)17/h2-5,8-11H,6-7,18H2,1H3. The highest BCUT2D eigenvalue weighted by Crippen LogP contribution is 2.39. The molecule has 3 heteroatoms. The zero-order valence-corrected chi connectivity index (χ0v) is 13.1. The maximum absolute atomic E-state index is 5.86. The average Bonchev–Trinajstić information content (AvgIpc) is 2.40. The summed E-state index contributed by atoms with van der Waals surface area (Å²) in [5.41, 5.74) is 10.7. The van der Waals surface area contributed by atoms with Crippen LogP contribution in [0, 0.1) is 3.57 Å². The van der Waals surface area contributed by atoms with E-state index in [-0.39, 0.29) is 0 Å². The molecule has 0 fully saturated rings. The van der Waals surface area contributed by atoms with Crippen LogP contribution in [0.3, 0.4) is 0 Å². The second-order valence-corrected chi connectivity index (χ2v) is 6.26. The van der Waals surface area contributed by atoms with Crippen LogP contribution in [-0.4, -0.2) is 6.04 Å². The third kappa shape index (κ3) is 2.31. The first-order valence-electron chi connectivity index (χ1n) is 6.59. The molecule has 2 aromatic carbocycles. The Bertz CT molecular complexity index is 609. The number of benzene rings is 2. The molecule has 19 heavy (non-hydrogen) atoms. The first-order valence-corrected chi connectivity index (χ1v) is 7.67. The molecule has 1 heterocycles. The van der Waals surface area contributed by atoms with Crippen molar-refractivity contribution < 1.29 is 0 Å². The van der Waals surface area contributed by atoms with E-state index in [2.05, 4.69) is 64.7 Å². The number of anilines is 3. The van der Waals surface area contributed by atoms with Crippen LogP contribution in [0.25, 0.3) is 0 Å². The minimum absolute atomic E-state index is 0.520. The van der Waals surface area contributed by atoms with Gasteiger partial charge in [-0.25, -0.2) is 0 Å². The van der Waals surface area contributed by atoms with E-state index in [9.17, 15) is 0 Å². The highest BCUT2D eigenvalue weighted by molar-refractivity contribution is 14.1. The molecular formula is C16H17IN2. The van der Waals surface area contributed by atoms with E-state index in [1.54, 1.807) is 0 Å². The number of hydrogen-bond acceptors (Lipinski definition) is 2. The fraction of sp³-hybridized carbons (Fsp3) is 0.250. The van der Waals surface area contributed by atoms with Gasteiger partial charge in [0.25, 0.3) is 0 Å². The summed E-state index contributed by atoms with van der Waals surface area (Å²) in [5, 5.41) is 0. The molecule has 0 radical (unpaired) electrons. The highest BCUT2D eigenvalue weighted by atomic mass is 127. The number of rotatable bonds is 1. The summed E-state index contributed by atoms with van der Waals surface area (Å²) in [6, 6.07) is 15.4. The zero-order chi connectivity index (χ0) is 13.4. The number of nitrogens with two attached hydrogens (primary N) is 1. The van der Waals surface area contributed by atoms with E-state index < -0.39 is 0 Å². The summed E-state index contributed by atoms with van der Waals surface area (Å²) in [6.45, 7) is 2.29. The van der Waals surface area contributed by atoms with Crippen molar-refractivity contribution in [2.24, 2.45) is 0 Å². The van der Waals surface area contributed by atoms with Crippen molar-refractivity contribution in [3.05, 3.63) is 51.6 Å². The van der Waals surface area contributed by atoms with Crippen LogP contribution in [0.5, 0.6) is 0 Å². The molecule has 2 nitrogen and oxygen atoms in total. The van der Waals surface area contributed by atoms with Crippen LogP contribution >= 0.6 is 22.6 Å². The molecule has 0 spiro atoms. The van der Waals surface area contributed by atoms with E-state index >= 15 is 0 Å². The summed E-state index contributed by atoms with van der Waals surface area (Å²) in [4.78, 5) is 2.44. The molecule has 1 atom stereocenters. The van der Waals surface area contributed by atoms with Crippen molar-refractivity contribution in [2.45, 2.75) is 25.8 Å². The minimum atomic E-state index is 0.520. The molecule has 0 saturated carbocycles. The molecule has 3 rings (SSSR count). The van der Waals surface area contributed by atoms with Gasteiger partial charge in [-0.2, -0.15) is 0 Å². The topological polar surface area (TPSA) is 29.3 Å². The molecule has 98 valence electrons. The Hall–Kier alpha value is -1.23. The second kappa shape index (κ2) is 5.04. The van der Waals surface area contributed by atoms with E-state index in [1.807, 2.05) is 12.1 Å². The van der Waals surface area contributed by atoms with Gasteiger partial charge in [0.05, 0.1) is 5.69 Å². The van der Waals surface area contributed by atoms with E-state index in [1.165, 1.54) is 33.4 Å². The Kier molecular flexibility index (Phi) is 3.39. The van der Waals surface area contributed by atoms with Gasteiger partial charge in [-0.15, -0.1) is 0 Å². The summed E-state index contributed by atoms with van der Waals surface area (Å²) in [5.74, 6) is 0. The lowest BCUT2D eigenvalue weighted by molar-refractivity contribution is 0.617. The van der Waals surface area contributed by atoms with Crippen molar-refractivity contribution in [1.82, 2.24) is 0 Å². The third-order valence-electron chi connectivity index (χ3n) is 3.75. The summed E-state index contributed by atoms with van der Waals surface area (Å²) in [7, 11) is 0. The lowest BCUT2D eigenvalue weighted by atomic mass is 9.96. The smallest absolute Gasteiger partial charge is 0.0550 e. The molecule has 1 aliphatic heterocycles. The van der Waals surface area contributed by atoms with Crippen LogP contribution in [0.4, 0.5) is 17.1 Å². The number of aryl methyl sites for hydroxylation is 1. The van der Waals surface area contributed by atoms with Crippen LogP contribution in [0.2, 0.25) is 0 Å². The number of para-hydroxylation sites is 1.